The predicted octanol–water partition coefficient (Wildman–Crippen LogP) is 2.12. The Hall–Kier alpha value is -1.72. The van der Waals surface area contributed by atoms with E-state index in [4.69, 9.17) is 9.47 Å². The molecule has 1 aromatic rings. The fraction of sp³-hybridized carbons (Fsp3) is 0.720. The lowest BCUT2D eigenvalue weighted by Crippen LogP contribution is -2.54. The standard InChI is InChI=1S/C25H40N4O5S/c1-3-27(23-9-4-7-21(2)19-23)13-6-12-26-24(30)22-8-5-14-29(20-22)35(31,32)28-15-10-25(11-16-28)33-17-18-34-25/h4,7,9,19,22H,3,5-6,8,10-18,20H2,1-2H3,(H,26,30)/t22-/m1/s1. The molecule has 196 valence electrons. The van der Waals surface area contributed by atoms with Crippen LogP contribution in [0.2, 0.25) is 0 Å². The summed E-state index contributed by atoms with van der Waals surface area (Å²) in [5.74, 6) is -0.965. The largest absolute Gasteiger partial charge is 0.372 e. The zero-order valence-corrected chi connectivity index (χ0v) is 21.9. The molecule has 3 aliphatic heterocycles. The van der Waals surface area contributed by atoms with E-state index in [1.54, 1.807) is 0 Å². The number of aryl methyl sites for hydroxylation is 1. The van der Waals surface area contributed by atoms with E-state index in [9.17, 15) is 13.2 Å². The van der Waals surface area contributed by atoms with Crippen LogP contribution in [0, 0.1) is 12.8 Å². The molecule has 4 rings (SSSR count). The molecular weight excluding hydrogens is 468 g/mol. The molecule has 0 bridgehead atoms. The molecule has 1 aromatic carbocycles. The minimum absolute atomic E-state index is 0.0474. The van der Waals surface area contributed by atoms with Crippen molar-refractivity contribution in [3.63, 3.8) is 0 Å². The van der Waals surface area contributed by atoms with Crippen LogP contribution >= 0.6 is 0 Å². The number of hydrogen-bond donors (Lipinski definition) is 1. The van der Waals surface area contributed by atoms with Gasteiger partial charge >= 0.3 is 0 Å². The number of piperidine rings is 2. The van der Waals surface area contributed by atoms with Gasteiger partial charge in [0.25, 0.3) is 10.2 Å². The first-order valence-electron chi connectivity index (χ1n) is 13.0. The first kappa shape index (κ1) is 26.3. The molecule has 0 aliphatic carbocycles. The average molecular weight is 509 g/mol. The second kappa shape index (κ2) is 11.6. The van der Waals surface area contributed by atoms with Crippen LogP contribution in [0.15, 0.2) is 24.3 Å². The maximum Gasteiger partial charge on any atom is 0.282 e. The van der Waals surface area contributed by atoms with Gasteiger partial charge in [-0.05, 0) is 50.8 Å². The van der Waals surface area contributed by atoms with Crippen LogP contribution in [0.5, 0.6) is 0 Å². The third-order valence-electron chi connectivity index (χ3n) is 7.36. The van der Waals surface area contributed by atoms with E-state index in [1.807, 2.05) is 0 Å². The molecule has 3 aliphatic rings. The van der Waals surface area contributed by atoms with Crippen molar-refractivity contribution in [2.24, 2.45) is 5.92 Å². The van der Waals surface area contributed by atoms with Gasteiger partial charge in [-0.1, -0.05) is 12.1 Å². The summed E-state index contributed by atoms with van der Waals surface area (Å²) in [5, 5.41) is 3.05. The molecule has 10 heteroatoms. The number of amides is 1. The number of ether oxygens (including phenoxy) is 2. The lowest BCUT2D eigenvalue weighted by molar-refractivity contribution is -0.179. The van der Waals surface area contributed by atoms with Gasteiger partial charge < -0.3 is 19.7 Å². The summed E-state index contributed by atoms with van der Waals surface area (Å²) < 4.78 is 41.0. The molecule has 0 unspecified atom stereocenters. The highest BCUT2D eigenvalue weighted by Gasteiger charge is 2.44. The van der Waals surface area contributed by atoms with E-state index >= 15 is 0 Å². The third-order valence-corrected chi connectivity index (χ3v) is 9.36. The van der Waals surface area contributed by atoms with Gasteiger partial charge in [0.2, 0.25) is 5.91 Å². The molecule has 0 aromatic heterocycles. The maximum atomic E-state index is 13.3. The van der Waals surface area contributed by atoms with Crippen molar-refractivity contribution < 1.29 is 22.7 Å². The molecular formula is C25H40N4O5S. The summed E-state index contributed by atoms with van der Waals surface area (Å²) in [4.78, 5) is 15.2. The molecule has 1 atom stereocenters. The topological polar surface area (TPSA) is 91.4 Å². The Balaban J connectivity index is 1.23. The van der Waals surface area contributed by atoms with Crippen molar-refractivity contribution in [2.75, 3.05) is 63.9 Å². The molecule has 3 saturated heterocycles. The van der Waals surface area contributed by atoms with Gasteiger partial charge in [-0.3, -0.25) is 4.79 Å². The van der Waals surface area contributed by atoms with E-state index in [0.29, 0.717) is 65.1 Å². The summed E-state index contributed by atoms with van der Waals surface area (Å²) in [6, 6.07) is 8.44. The van der Waals surface area contributed by atoms with E-state index in [1.165, 1.54) is 19.9 Å². The molecule has 3 heterocycles. The molecule has 0 radical (unpaired) electrons. The van der Waals surface area contributed by atoms with Crippen LogP contribution in [0.3, 0.4) is 0 Å². The second-order valence-corrected chi connectivity index (χ2v) is 11.7. The van der Waals surface area contributed by atoms with Crippen molar-refractivity contribution in [1.29, 1.82) is 0 Å². The number of nitrogens with one attached hydrogen (secondary N) is 1. The first-order valence-corrected chi connectivity index (χ1v) is 14.4. The van der Waals surface area contributed by atoms with Gasteiger partial charge in [0.05, 0.1) is 19.1 Å². The number of hydrogen-bond acceptors (Lipinski definition) is 6. The fourth-order valence-electron chi connectivity index (χ4n) is 5.29. The minimum Gasteiger partial charge on any atom is -0.372 e. The van der Waals surface area contributed by atoms with E-state index in [0.717, 1.165) is 19.5 Å². The first-order chi connectivity index (χ1) is 16.8. The summed E-state index contributed by atoms with van der Waals surface area (Å²) in [6.45, 7) is 9.16. The summed E-state index contributed by atoms with van der Waals surface area (Å²) >= 11 is 0. The van der Waals surface area contributed by atoms with Crippen molar-refractivity contribution in [3.05, 3.63) is 29.8 Å². The molecule has 3 fully saturated rings. The van der Waals surface area contributed by atoms with Crippen LogP contribution in [-0.2, 0) is 24.5 Å². The average Bonchev–Trinajstić information content (AvgIpc) is 3.32. The Morgan fingerprint density at radius 2 is 1.91 bits per heavy atom. The Morgan fingerprint density at radius 1 is 1.17 bits per heavy atom. The monoisotopic (exact) mass is 508 g/mol. The van der Waals surface area contributed by atoms with E-state index in [-0.39, 0.29) is 18.4 Å². The highest BCUT2D eigenvalue weighted by Crippen LogP contribution is 2.33. The third kappa shape index (κ3) is 6.35. The highest BCUT2D eigenvalue weighted by molar-refractivity contribution is 7.86. The van der Waals surface area contributed by atoms with Crippen molar-refractivity contribution >= 4 is 21.8 Å². The van der Waals surface area contributed by atoms with Gasteiger partial charge in [-0.15, -0.1) is 0 Å². The maximum absolute atomic E-state index is 13.3. The zero-order valence-electron chi connectivity index (χ0n) is 21.1. The van der Waals surface area contributed by atoms with Crippen molar-refractivity contribution in [1.82, 2.24) is 13.9 Å². The Bertz CT molecular complexity index is 956. The smallest absolute Gasteiger partial charge is 0.282 e. The van der Waals surface area contributed by atoms with Crippen LogP contribution in [0.1, 0.15) is 44.6 Å². The SMILES string of the molecule is CCN(CCCNC(=O)[C@@H]1CCCN(S(=O)(=O)N2CCC3(CC2)OCCO3)C1)c1cccc(C)c1. The van der Waals surface area contributed by atoms with E-state index in [2.05, 4.69) is 48.3 Å². The Morgan fingerprint density at radius 3 is 2.60 bits per heavy atom. The molecule has 1 spiro atoms. The number of carbonyl (C=O) groups is 1. The number of nitrogens with zero attached hydrogens (tertiary/aromatic N) is 3. The van der Waals surface area contributed by atoms with Gasteiger partial charge in [0.15, 0.2) is 5.79 Å². The van der Waals surface area contributed by atoms with Gasteiger partial charge in [-0.2, -0.15) is 17.0 Å². The van der Waals surface area contributed by atoms with Crippen molar-refractivity contribution in [2.45, 2.75) is 51.7 Å². The van der Waals surface area contributed by atoms with Crippen LogP contribution in [-0.4, -0.2) is 87.7 Å². The van der Waals surface area contributed by atoms with Crippen LogP contribution in [0.4, 0.5) is 5.69 Å². The second-order valence-electron chi connectivity index (χ2n) is 9.77. The Kier molecular flexibility index (Phi) is 8.70. The molecule has 1 N–H and O–H groups in total. The Labute approximate surface area is 209 Å². The van der Waals surface area contributed by atoms with Gasteiger partial charge in [-0.25, -0.2) is 0 Å². The summed E-state index contributed by atoms with van der Waals surface area (Å²) in [7, 11) is -3.60. The normalized spacial score (nSPS) is 23.4. The summed E-state index contributed by atoms with van der Waals surface area (Å²) in [5.41, 5.74) is 2.43. The predicted molar refractivity (Wildman–Crippen MR) is 135 cm³/mol. The molecule has 1 amide bonds. The lowest BCUT2D eigenvalue weighted by Gasteiger charge is -2.40. The summed E-state index contributed by atoms with van der Waals surface area (Å²) in [6.07, 6.45) is 3.33. The van der Waals surface area contributed by atoms with Crippen molar-refractivity contribution in [3.8, 4) is 0 Å². The molecule has 0 saturated carbocycles. The minimum atomic E-state index is -3.60. The number of anilines is 1. The highest BCUT2D eigenvalue weighted by atomic mass is 32.2. The van der Waals surface area contributed by atoms with Gasteiger partial charge in [0.1, 0.15) is 0 Å². The van der Waals surface area contributed by atoms with Crippen LogP contribution < -0.4 is 10.2 Å². The van der Waals surface area contributed by atoms with Crippen LogP contribution in [0.25, 0.3) is 0 Å². The molecule has 35 heavy (non-hydrogen) atoms. The fourth-order valence-corrected chi connectivity index (χ4v) is 6.99. The number of carbonyl (C=O) groups excluding carboxylic acids is 1. The number of rotatable bonds is 9. The van der Waals surface area contributed by atoms with Gasteiger partial charge in [0, 0.05) is 64.3 Å². The quantitative estimate of drug-likeness (QED) is 0.514. The zero-order chi connectivity index (χ0) is 24.9. The lowest BCUT2D eigenvalue weighted by atomic mass is 9.99. The molecule has 9 nitrogen and oxygen atoms in total. The van der Waals surface area contributed by atoms with E-state index < -0.39 is 16.0 Å². The number of benzene rings is 1.